The summed E-state index contributed by atoms with van der Waals surface area (Å²) in [6.07, 6.45) is 0.746. The Kier molecular flexibility index (Phi) is 10.3. The van der Waals surface area contributed by atoms with Gasteiger partial charge in [0.05, 0.1) is 26.5 Å². The summed E-state index contributed by atoms with van der Waals surface area (Å²) in [7, 11) is 2.96. The average molecular weight is 570 g/mol. The molecule has 0 bridgehead atoms. The van der Waals surface area contributed by atoms with E-state index in [4.69, 9.17) is 25.7 Å². The number of aromatic nitrogens is 1. The zero-order valence-corrected chi connectivity index (χ0v) is 24.0. The van der Waals surface area contributed by atoms with Crippen molar-refractivity contribution in [1.29, 1.82) is 0 Å². The van der Waals surface area contributed by atoms with E-state index >= 15 is 0 Å². The summed E-state index contributed by atoms with van der Waals surface area (Å²) in [4.78, 5) is 41.2. The SMILES string of the molecule is CCOc1ccc([C@H](C(=O)NCCC(C)C)N(C(=O)c2snc(C(N)=O)c2N)c2ccc(OC)c(OC)c2)cc1. The van der Waals surface area contributed by atoms with E-state index in [-0.39, 0.29) is 16.3 Å². The molecule has 0 fully saturated rings. The monoisotopic (exact) mass is 569 g/mol. The molecule has 0 aliphatic heterocycles. The van der Waals surface area contributed by atoms with Crippen molar-refractivity contribution in [3.8, 4) is 17.2 Å². The minimum atomic E-state index is -1.13. The number of methoxy groups -OCH3 is 2. The third kappa shape index (κ3) is 6.81. The molecule has 0 aliphatic carbocycles. The molecule has 3 aromatic rings. The number of anilines is 2. The Hall–Kier alpha value is -4.32. The van der Waals surface area contributed by atoms with Crippen LogP contribution in [0.5, 0.6) is 17.2 Å². The van der Waals surface area contributed by atoms with Gasteiger partial charge in [-0.3, -0.25) is 19.3 Å². The summed E-state index contributed by atoms with van der Waals surface area (Å²) in [5.74, 6) is -0.160. The van der Waals surface area contributed by atoms with Gasteiger partial charge in [-0.1, -0.05) is 26.0 Å². The van der Waals surface area contributed by atoms with E-state index in [1.54, 1.807) is 42.5 Å². The van der Waals surface area contributed by atoms with Crippen LogP contribution in [0.4, 0.5) is 11.4 Å². The number of rotatable bonds is 13. The average Bonchev–Trinajstić information content (AvgIpc) is 3.33. The van der Waals surface area contributed by atoms with E-state index in [1.165, 1.54) is 19.1 Å². The molecule has 11 nitrogen and oxygen atoms in total. The van der Waals surface area contributed by atoms with Gasteiger partial charge in [0.25, 0.3) is 11.8 Å². The van der Waals surface area contributed by atoms with E-state index in [9.17, 15) is 14.4 Å². The zero-order chi connectivity index (χ0) is 29.4. The van der Waals surface area contributed by atoms with E-state index < -0.39 is 23.8 Å². The van der Waals surface area contributed by atoms with E-state index in [0.717, 1.165) is 18.0 Å². The van der Waals surface area contributed by atoms with Crippen molar-refractivity contribution in [3.63, 3.8) is 0 Å². The minimum absolute atomic E-state index is 0.0329. The van der Waals surface area contributed by atoms with Crippen molar-refractivity contribution in [2.75, 3.05) is 38.0 Å². The molecule has 3 rings (SSSR count). The van der Waals surface area contributed by atoms with Crippen LogP contribution in [0.1, 0.15) is 59.0 Å². The third-order valence-corrected chi connectivity index (χ3v) is 6.90. The Morgan fingerprint density at radius 3 is 2.27 bits per heavy atom. The first-order valence-corrected chi connectivity index (χ1v) is 13.5. The van der Waals surface area contributed by atoms with Gasteiger partial charge >= 0.3 is 0 Å². The van der Waals surface area contributed by atoms with Crippen molar-refractivity contribution in [1.82, 2.24) is 9.69 Å². The van der Waals surface area contributed by atoms with Crippen LogP contribution >= 0.6 is 11.5 Å². The molecular weight excluding hydrogens is 534 g/mol. The van der Waals surface area contributed by atoms with Crippen LogP contribution in [0.25, 0.3) is 0 Å². The summed E-state index contributed by atoms with van der Waals surface area (Å²) < 4.78 is 20.4. The van der Waals surface area contributed by atoms with Crippen molar-refractivity contribution in [2.45, 2.75) is 33.2 Å². The number of hydrogen-bond acceptors (Lipinski definition) is 9. The van der Waals surface area contributed by atoms with Gasteiger partial charge in [0.2, 0.25) is 5.91 Å². The van der Waals surface area contributed by atoms with Gasteiger partial charge in [-0.25, -0.2) is 0 Å². The predicted octanol–water partition coefficient (Wildman–Crippen LogP) is 3.79. The third-order valence-electron chi connectivity index (χ3n) is 6.05. The molecule has 1 heterocycles. The lowest BCUT2D eigenvalue weighted by Gasteiger charge is -2.32. The Morgan fingerprint density at radius 2 is 1.73 bits per heavy atom. The van der Waals surface area contributed by atoms with E-state index in [1.807, 2.05) is 6.92 Å². The van der Waals surface area contributed by atoms with Crippen LogP contribution in [-0.4, -0.2) is 49.5 Å². The highest BCUT2D eigenvalue weighted by Gasteiger charge is 2.36. The quantitative estimate of drug-likeness (QED) is 0.280. The van der Waals surface area contributed by atoms with Gasteiger partial charge in [0, 0.05) is 18.3 Å². The second kappa shape index (κ2) is 13.7. The van der Waals surface area contributed by atoms with Gasteiger partial charge < -0.3 is 31.0 Å². The molecule has 0 spiro atoms. The molecule has 1 atom stereocenters. The first kappa shape index (κ1) is 30.2. The summed E-state index contributed by atoms with van der Waals surface area (Å²) in [5.41, 5.74) is 12.0. The van der Waals surface area contributed by atoms with Crippen LogP contribution in [-0.2, 0) is 4.79 Å². The van der Waals surface area contributed by atoms with E-state index in [2.05, 4.69) is 23.5 Å². The van der Waals surface area contributed by atoms with Crippen LogP contribution < -0.4 is 35.9 Å². The molecule has 40 heavy (non-hydrogen) atoms. The largest absolute Gasteiger partial charge is 0.494 e. The Balaban J connectivity index is 2.22. The minimum Gasteiger partial charge on any atom is -0.494 e. The number of benzene rings is 2. The van der Waals surface area contributed by atoms with Gasteiger partial charge in [0.1, 0.15) is 16.7 Å². The molecule has 12 heteroatoms. The van der Waals surface area contributed by atoms with Gasteiger partial charge in [0.15, 0.2) is 17.2 Å². The number of nitrogens with one attached hydrogen (secondary N) is 1. The van der Waals surface area contributed by atoms with Crippen molar-refractivity contribution in [3.05, 3.63) is 58.6 Å². The molecule has 214 valence electrons. The fraction of sp³-hybridized carbons (Fsp3) is 0.357. The van der Waals surface area contributed by atoms with Gasteiger partial charge in [-0.2, -0.15) is 4.37 Å². The van der Waals surface area contributed by atoms with Crippen molar-refractivity contribution < 1.29 is 28.6 Å². The lowest BCUT2D eigenvalue weighted by atomic mass is 10.0. The molecule has 0 unspecified atom stereocenters. The maximum absolute atomic E-state index is 14.2. The number of nitrogens with two attached hydrogens (primary N) is 2. The number of amides is 3. The molecule has 0 saturated heterocycles. The summed E-state index contributed by atoms with van der Waals surface area (Å²) in [6, 6.07) is 10.6. The number of carbonyl (C=O) groups excluding carboxylic acids is 3. The normalized spacial score (nSPS) is 11.6. The maximum atomic E-state index is 14.2. The van der Waals surface area contributed by atoms with E-state index in [0.29, 0.717) is 47.6 Å². The summed E-state index contributed by atoms with van der Waals surface area (Å²) >= 11 is 0.734. The number of nitrogens with zero attached hydrogens (tertiary/aromatic N) is 2. The number of ether oxygens (including phenoxy) is 3. The fourth-order valence-electron chi connectivity index (χ4n) is 4.01. The highest BCUT2D eigenvalue weighted by molar-refractivity contribution is 7.09. The number of carbonyl (C=O) groups is 3. The van der Waals surface area contributed by atoms with Crippen molar-refractivity contribution in [2.24, 2.45) is 11.7 Å². The lowest BCUT2D eigenvalue weighted by Crippen LogP contribution is -2.44. The molecule has 5 N–H and O–H groups in total. The lowest BCUT2D eigenvalue weighted by molar-refractivity contribution is -0.122. The smallest absolute Gasteiger partial charge is 0.273 e. The molecule has 0 radical (unpaired) electrons. The molecule has 0 saturated carbocycles. The first-order chi connectivity index (χ1) is 19.1. The standard InChI is InChI=1S/C28H35N5O6S/c1-6-39-19-10-7-17(8-11-19)24(27(35)31-14-13-16(2)3)33(18-9-12-20(37-4)21(15-18)38-5)28(36)25-22(29)23(26(30)34)32-40-25/h7-12,15-16,24H,6,13-14,29H2,1-5H3,(H2,30,34)(H,31,35)/t24-/m1/s1. The maximum Gasteiger partial charge on any atom is 0.273 e. The first-order valence-electron chi connectivity index (χ1n) is 12.7. The molecule has 2 aromatic carbocycles. The number of hydrogen-bond donors (Lipinski definition) is 3. The Bertz CT molecular complexity index is 1340. The highest BCUT2D eigenvalue weighted by atomic mass is 32.1. The molecule has 1 aromatic heterocycles. The summed E-state index contributed by atoms with van der Waals surface area (Å²) in [5, 5.41) is 2.96. The fourth-order valence-corrected chi connectivity index (χ4v) is 4.75. The van der Waals surface area contributed by atoms with Gasteiger partial charge in [-0.05, 0) is 60.6 Å². The van der Waals surface area contributed by atoms with Crippen LogP contribution in [0.15, 0.2) is 42.5 Å². The molecule has 0 aliphatic rings. The zero-order valence-electron chi connectivity index (χ0n) is 23.2. The van der Waals surface area contributed by atoms with Gasteiger partial charge in [-0.15, -0.1) is 0 Å². The molecule has 3 amide bonds. The Morgan fingerprint density at radius 1 is 1.05 bits per heavy atom. The number of nitrogen functional groups attached to an aromatic ring is 1. The van der Waals surface area contributed by atoms with Crippen LogP contribution in [0.2, 0.25) is 0 Å². The Labute approximate surface area is 237 Å². The van der Waals surface area contributed by atoms with Crippen LogP contribution in [0, 0.1) is 5.92 Å². The number of primary amides is 1. The second-order valence-electron chi connectivity index (χ2n) is 9.23. The highest BCUT2D eigenvalue weighted by Crippen LogP contribution is 2.38. The summed E-state index contributed by atoms with van der Waals surface area (Å²) in [6.45, 7) is 6.86. The topological polar surface area (TPSA) is 159 Å². The van der Waals surface area contributed by atoms with Crippen molar-refractivity contribution >= 4 is 40.6 Å². The second-order valence-corrected chi connectivity index (χ2v) is 10.0. The molecular formula is C28H35N5O6S. The predicted molar refractivity (Wildman–Crippen MR) is 154 cm³/mol. The van der Waals surface area contributed by atoms with Crippen LogP contribution in [0.3, 0.4) is 0 Å².